The number of carbonyl (C=O) groups excluding carboxylic acids is 1. The van der Waals surface area contributed by atoms with E-state index < -0.39 is 0 Å². The van der Waals surface area contributed by atoms with Crippen molar-refractivity contribution >= 4 is 17.5 Å². The zero-order valence-electron chi connectivity index (χ0n) is 9.47. The molecule has 0 fully saturated rings. The molecule has 2 heterocycles. The van der Waals surface area contributed by atoms with Crippen LogP contribution in [0.2, 0.25) is 0 Å². The van der Waals surface area contributed by atoms with E-state index in [0.717, 1.165) is 5.56 Å². The second-order valence-corrected chi connectivity index (χ2v) is 3.96. The van der Waals surface area contributed by atoms with Gasteiger partial charge < -0.3 is 20.3 Å². The van der Waals surface area contributed by atoms with Crippen LogP contribution in [0, 0.1) is 0 Å². The predicted molar refractivity (Wildman–Crippen MR) is 65.1 cm³/mol. The average Bonchev–Trinajstić information content (AvgIpc) is 2.68. The maximum absolute atomic E-state index is 11.5. The highest BCUT2D eigenvalue weighted by Crippen LogP contribution is 2.34. The van der Waals surface area contributed by atoms with Crippen LogP contribution in [0.1, 0.15) is 6.42 Å². The molecule has 0 aliphatic carbocycles. The van der Waals surface area contributed by atoms with Crippen LogP contribution in [0.3, 0.4) is 0 Å². The van der Waals surface area contributed by atoms with Crippen molar-refractivity contribution in [3.8, 4) is 16.9 Å². The van der Waals surface area contributed by atoms with Gasteiger partial charge in [0, 0.05) is 0 Å². The molecule has 92 valence electrons. The van der Waals surface area contributed by atoms with Crippen molar-refractivity contribution in [1.82, 2.24) is 5.16 Å². The summed E-state index contributed by atoms with van der Waals surface area (Å²) in [5.41, 5.74) is 7.80. The molecule has 0 atom stereocenters. The van der Waals surface area contributed by atoms with Crippen LogP contribution in [-0.4, -0.2) is 17.7 Å². The van der Waals surface area contributed by atoms with Crippen molar-refractivity contribution in [2.24, 2.45) is 0 Å². The van der Waals surface area contributed by atoms with E-state index in [1.54, 1.807) is 12.1 Å². The molecule has 2 aromatic rings. The second kappa shape index (κ2) is 4.06. The quantitative estimate of drug-likeness (QED) is 0.797. The molecule has 1 aliphatic rings. The van der Waals surface area contributed by atoms with E-state index in [0.29, 0.717) is 30.0 Å². The van der Waals surface area contributed by atoms with Crippen molar-refractivity contribution in [3.05, 3.63) is 24.4 Å². The first kappa shape index (κ1) is 10.6. The van der Waals surface area contributed by atoms with Crippen molar-refractivity contribution in [2.75, 3.05) is 17.7 Å². The molecule has 0 spiro atoms. The van der Waals surface area contributed by atoms with E-state index in [9.17, 15) is 4.79 Å². The van der Waals surface area contributed by atoms with Gasteiger partial charge in [-0.2, -0.15) is 0 Å². The molecule has 1 amide bonds. The van der Waals surface area contributed by atoms with Crippen LogP contribution in [0.5, 0.6) is 5.75 Å². The number of ether oxygens (including phenoxy) is 1. The number of aromatic nitrogens is 1. The Balaban J connectivity index is 2.05. The van der Waals surface area contributed by atoms with Crippen LogP contribution in [0.25, 0.3) is 11.1 Å². The number of fused-ring (bicyclic) bond motifs is 1. The van der Waals surface area contributed by atoms with Crippen LogP contribution < -0.4 is 15.8 Å². The van der Waals surface area contributed by atoms with E-state index in [1.807, 2.05) is 6.07 Å². The lowest BCUT2D eigenvalue weighted by Crippen LogP contribution is -2.10. The number of carbonyl (C=O) groups is 1. The van der Waals surface area contributed by atoms with Gasteiger partial charge in [0.15, 0.2) is 0 Å². The molecule has 1 aliphatic heterocycles. The minimum atomic E-state index is -0.0656. The molecule has 1 aromatic heterocycles. The molecule has 18 heavy (non-hydrogen) atoms. The number of anilines is 2. The first-order valence-electron chi connectivity index (χ1n) is 5.51. The van der Waals surface area contributed by atoms with Crippen molar-refractivity contribution in [1.29, 1.82) is 0 Å². The zero-order valence-corrected chi connectivity index (χ0v) is 9.47. The monoisotopic (exact) mass is 245 g/mol. The number of nitrogen functional groups attached to an aromatic ring is 1. The summed E-state index contributed by atoms with van der Waals surface area (Å²) in [5, 5.41) is 6.41. The Labute approximate surface area is 103 Å². The number of hydrogen-bond acceptors (Lipinski definition) is 5. The van der Waals surface area contributed by atoms with Crippen LogP contribution >= 0.6 is 0 Å². The Hall–Kier alpha value is -2.50. The number of rotatable bonds is 1. The van der Waals surface area contributed by atoms with E-state index in [2.05, 4.69) is 10.5 Å². The molecule has 3 N–H and O–H groups in total. The number of nitrogens with two attached hydrogens (primary N) is 1. The summed E-state index contributed by atoms with van der Waals surface area (Å²) < 4.78 is 10.3. The van der Waals surface area contributed by atoms with Gasteiger partial charge in [-0.05, 0) is 17.7 Å². The maximum Gasteiger partial charge on any atom is 0.229 e. The number of nitrogens with zero attached hydrogens (tertiary/aromatic N) is 1. The van der Waals surface area contributed by atoms with Crippen LogP contribution in [0.15, 0.2) is 28.9 Å². The first-order chi connectivity index (χ1) is 8.74. The molecule has 0 radical (unpaired) electrons. The van der Waals surface area contributed by atoms with E-state index in [1.165, 1.54) is 6.20 Å². The van der Waals surface area contributed by atoms with E-state index in [-0.39, 0.29) is 11.8 Å². The topological polar surface area (TPSA) is 90.4 Å². The Kier molecular flexibility index (Phi) is 2.40. The summed E-state index contributed by atoms with van der Waals surface area (Å²) in [7, 11) is 0. The van der Waals surface area contributed by atoms with Gasteiger partial charge in [-0.3, -0.25) is 4.79 Å². The summed E-state index contributed by atoms with van der Waals surface area (Å²) in [5.74, 6) is 0.833. The summed E-state index contributed by atoms with van der Waals surface area (Å²) in [4.78, 5) is 11.5. The van der Waals surface area contributed by atoms with Gasteiger partial charge in [-0.1, -0.05) is 11.2 Å². The minimum Gasteiger partial charge on any atom is -0.491 e. The van der Waals surface area contributed by atoms with Gasteiger partial charge in [-0.25, -0.2) is 0 Å². The first-order valence-corrected chi connectivity index (χ1v) is 5.51. The SMILES string of the molecule is Nc1oncc1-c1ccc2c(c1)NC(=O)CCO2. The average molecular weight is 245 g/mol. The molecule has 6 heteroatoms. The second-order valence-electron chi connectivity index (χ2n) is 3.96. The van der Waals surface area contributed by atoms with Gasteiger partial charge in [-0.15, -0.1) is 0 Å². The number of hydrogen-bond donors (Lipinski definition) is 2. The summed E-state index contributed by atoms with van der Waals surface area (Å²) >= 11 is 0. The summed E-state index contributed by atoms with van der Waals surface area (Å²) in [6.07, 6.45) is 1.88. The molecule has 6 nitrogen and oxygen atoms in total. The van der Waals surface area contributed by atoms with Crippen molar-refractivity contribution in [3.63, 3.8) is 0 Å². The largest absolute Gasteiger partial charge is 0.491 e. The Morgan fingerprint density at radius 3 is 3.06 bits per heavy atom. The van der Waals surface area contributed by atoms with Gasteiger partial charge >= 0.3 is 0 Å². The fourth-order valence-electron chi connectivity index (χ4n) is 1.85. The number of nitrogens with one attached hydrogen (secondary N) is 1. The molecule has 0 bridgehead atoms. The Morgan fingerprint density at radius 1 is 1.39 bits per heavy atom. The Bertz CT molecular complexity index is 606. The highest BCUT2D eigenvalue weighted by molar-refractivity contribution is 5.94. The third-order valence-corrected chi connectivity index (χ3v) is 2.75. The summed E-state index contributed by atoms with van der Waals surface area (Å²) in [6, 6.07) is 5.43. The van der Waals surface area contributed by atoms with Crippen LogP contribution in [-0.2, 0) is 4.79 Å². The maximum atomic E-state index is 11.5. The third kappa shape index (κ3) is 1.77. The zero-order chi connectivity index (χ0) is 12.5. The normalized spacial score (nSPS) is 14.3. The fraction of sp³-hybridized carbons (Fsp3) is 0.167. The van der Waals surface area contributed by atoms with Gasteiger partial charge in [0.1, 0.15) is 5.75 Å². The van der Waals surface area contributed by atoms with Crippen molar-refractivity contribution < 1.29 is 14.1 Å². The lowest BCUT2D eigenvalue weighted by molar-refractivity contribution is -0.116. The predicted octanol–water partition coefficient (Wildman–Crippen LogP) is 1.64. The highest BCUT2D eigenvalue weighted by atomic mass is 16.5. The fourth-order valence-corrected chi connectivity index (χ4v) is 1.85. The molecule has 3 rings (SSSR count). The summed E-state index contributed by atoms with van der Waals surface area (Å²) in [6.45, 7) is 0.383. The minimum absolute atomic E-state index is 0.0656. The smallest absolute Gasteiger partial charge is 0.229 e. The molecule has 0 unspecified atom stereocenters. The van der Waals surface area contributed by atoms with Gasteiger partial charge in [0.05, 0.1) is 30.5 Å². The number of benzene rings is 1. The third-order valence-electron chi connectivity index (χ3n) is 2.75. The molecule has 0 saturated carbocycles. The molecular weight excluding hydrogens is 234 g/mol. The van der Waals surface area contributed by atoms with E-state index >= 15 is 0 Å². The molecular formula is C12H11N3O3. The molecule has 0 saturated heterocycles. The van der Waals surface area contributed by atoms with Crippen LogP contribution in [0.4, 0.5) is 11.6 Å². The Morgan fingerprint density at radius 2 is 2.28 bits per heavy atom. The molecule has 1 aromatic carbocycles. The van der Waals surface area contributed by atoms with Gasteiger partial charge in [0.2, 0.25) is 11.8 Å². The lowest BCUT2D eigenvalue weighted by atomic mass is 10.1. The van der Waals surface area contributed by atoms with E-state index in [4.69, 9.17) is 15.0 Å². The van der Waals surface area contributed by atoms with Crippen molar-refractivity contribution in [2.45, 2.75) is 6.42 Å². The highest BCUT2D eigenvalue weighted by Gasteiger charge is 2.16. The lowest BCUT2D eigenvalue weighted by Gasteiger charge is -2.08. The van der Waals surface area contributed by atoms with Gasteiger partial charge in [0.25, 0.3) is 0 Å². The number of amides is 1. The standard InChI is InChI=1S/C12H11N3O3/c13-12-8(6-14-18-12)7-1-2-10-9(5-7)15-11(16)3-4-17-10/h1-2,5-6H,3-4,13H2,(H,15,16).